The van der Waals surface area contributed by atoms with Gasteiger partial charge in [-0.3, -0.25) is 0 Å². The van der Waals surface area contributed by atoms with Crippen LogP contribution < -0.4 is 14.7 Å². The maximum absolute atomic E-state index is 6.89. The molecule has 64 heavy (non-hydrogen) atoms. The first kappa shape index (κ1) is 38.6. The van der Waals surface area contributed by atoms with Crippen LogP contribution in [0.3, 0.4) is 0 Å². The Kier molecular flexibility index (Phi) is 9.24. The molecule has 0 radical (unpaired) electrons. The van der Waals surface area contributed by atoms with Crippen LogP contribution in [0.5, 0.6) is 0 Å². The average Bonchev–Trinajstić information content (AvgIpc) is 4.00. The highest BCUT2D eigenvalue weighted by atomic mass is 32.1. The van der Waals surface area contributed by atoms with E-state index in [0.29, 0.717) is 0 Å². The van der Waals surface area contributed by atoms with Crippen molar-refractivity contribution < 1.29 is 4.42 Å². The molecular weight excluding hydrogens is 799 g/mol. The molecule has 0 bridgehead atoms. The van der Waals surface area contributed by atoms with E-state index in [2.05, 4.69) is 228 Å². The van der Waals surface area contributed by atoms with Crippen molar-refractivity contribution >= 4 is 88.9 Å². The van der Waals surface area contributed by atoms with Crippen molar-refractivity contribution in [2.24, 2.45) is 0 Å². The van der Waals surface area contributed by atoms with Crippen LogP contribution in [0.4, 0.5) is 45.5 Å². The summed E-state index contributed by atoms with van der Waals surface area (Å²) in [6.45, 7) is 5.02. The van der Waals surface area contributed by atoms with Crippen molar-refractivity contribution in [2.45, 2.75) is 56.9 Å². The predicted octanol–water partition coefficient (Wildman–Crippen LogP) is 17.5. The molecule has 0 atom stereocenters. The number of benzene rings is 8. The Morgan fingerprint density at radius 1 is 0.500 bits per heavy atom. The third-order valence-corrected chi connectivity index (χ3v) is 15.3. The molecule has 0 saturated heterocycles. The number of fused-ring (bicyclic) bond motifs is 6. The second kappa shape index (κ2) is 15.3. The molecule has 2 aromatic heterocycles. The molecule has 1 aliphatic carbocycles. The zero-order valence-corrected chi connectivity index (χ0v) is 37.1. The number of hydrogen-bond donors (Lipinski definition) is 0. The maximum atomic E-state index is 6.89. The van der Waals surface area contributed by atoms with Crippen LogP contribution in [0.25, 0.3) is 43.2 Å². The van der Waals surface area contributed by atoms with Crippen LogP contribution in [0.1, 0.15) is 51.5 Å². The first-order valence-corrected chi connectivity index (χ1v) is 23.6. The van der Waals surface area contributed by atoms with E-state index in [1.54, 1.807) is 11.3 Å². The van der Waals surface area contributed by atoms with Gasteiger partial charge >= 0.3 is 0 Å². The Balaban J connectivity index is 1.16. The summed E-state index contributed by atoms with van der Waals surface area (Å²) in [7, 11) is 0. The number of furan rings is 1. The molecule has 10 aromatic rings. The monoisotopic (exact) mass is 847 g/mol. The lowest BCUT2D eigenvalue weighted by atomic mass is 9.61. The lowest BCUT2D eigenvalue weighted by Crippen LogP contribution is -2.52. The number of thiophene rings is 1. The van der Waals surface area contributed by atoms with E-state index in [-0.39, 0.29) is 11.0 Å². The molecule has 1 fully saturated rings. The minimum Gasteiger partial charge on any atom is -0.454 e. The lowest BCUT2D eigenvalue weighted by Gasteiger charge is -2.49. The first-order chi connectivity index (χ1) is 31.5. The molecule has 0 amide bonds. The van der Waals surface area contributed by atoms with Gasteiger partial charge in [-0.15, -0.1) is 11.3 Å². The molecular formula is C59H49N3OS. The molecule has 312 valence electrons. The van der Waals surface area contributed by atoms with Gasteiger partial charge in [-0.1, -0.05) is 141 Å². The van der Waals surface area contributed by atoms with Gasteiger partial charge in [0.25, 0.3) is 0 Å². The largest absolute Gasteiger partial charge is 0.454 e. The first-order valence-electron chi connectivity index (χ1n) is 22.7. The van der Waals surface area contributed by atoms with E-state index in [1.165, 1.54) is 51.7 Å². The third kappa shape index (κ3) is 6.09. The van der Waals surface area contributed by atoms with Crippen LogP contribution in [-0.4, -0.2) is 5.54 Å². The quantitative estimate of drug-likeness (QED) is 0.152. The van der Waals surface area contributed by atoms with E-state index >= 15 is 0 Å². The fourth-order valence-electron chi connectivity index (χ4n) is 11.3. The highest BCUT2D eigenvalue weighted by molar-refractivity contribution is 7.17. The molecule has 12 rings (SSSR count). The van der Waals surface area contributed by atoms with Crippen LogP contribution in [0.15, 0.2) is 204 Å². The van der Waals surface area contributed by atoms with Crippen LogP contribution in [0, 0.1) is 0 Å². The molecule has 1 saturated carbocycles. The van der Waals surface area contributed by atoms with Crippen molar-refractivity contribution in [1.82, 2.24) is 0 Å². The van der Waals surface area contributed by atoms with Crippen LogP contribution in [-0.2, 0) is 5.41 Å². The molecule has 2 aliphatic rings. The Morgan fingerprint density at radius 2 is 1.12 bits per heavy atom. The predicted molar refractivity (Wildman–Crippen MR) is 271 cm³/mol. The molecule has 4 nitrogen and oxygen atoms in total. The highest BCUT2D eigenvalue weighted by Gasteiger charge is 2.57. The standard InChI is InChI=1S/C59H49N3OS/c1-58(2)59(34-17-6-18-35-59)51-36-42(41-20-7-3-8-21-41)32-33-52(51)62(58)47-38-45(60(43-22-9-4-10-23-43)44-24-11-5-12-25-44)37-46(39-47)61(54-40-64-56-31-16-14-27-50(54)56)53-29-19-28-49-48-26-13-15-30-55(48)63-57(49)53/h3-5,7-16,19-33,36-40H,6,17-18,34-35H2,1-2H3. The summed E-state index contributed by atoms with van der Waals surface area (Å²) in [5.41, 5.74) is 14.4. The van der Waals surface area contributed by atoms with Crippen molar-refractivity contribution in [3.63, 3.8) is 0 Å². The second-order valence-corrected chi connectivity index (χ2v) is 19.0. The highest BCUT2D eigenvalue weighted by Crippen LogP contribution is 2.62. The van der Waals surface area contributed by atoms with Crippen molar-refractivity contribution in [3.05, 3.63) is 205 Å². The van der Waals surface area contributed by atoms with Gasteiger partial charge in [-0.25, -0.2) is 0 Å². The minimum absolute atomic E-state index is 0.0246. The van der Waals surface area contributed by atoms with Crippen molar-refractivity contribution in [3.8, 4) is 11.1 Å². The Hall–Kier alpha value is -7.08. The summed E-state index contributed by atoms with van der Waals surface area (Å²) in [6, 6.07) is 70.9. The average molecular weight is 848 g/mol. The molecule has 5 heteroatoms. The fourth-order valence-corrected chi connectivity index (χ4v) is 12.2. The molecule has 0 unspecified atom stereocenters. The van der Waals surface area contributed by atoms with E-state index < -0.39 is 0 Å². The SMILES string of the molecule is CC1(C)N(c2cc(N(c3ccccc3)c3ccccc3)cc(N(c3csc4ccccc34)c3cccc4c3oc3ccccc34)c2)c2ccc(-c3ccccc3)cc2C12CCCCC2. The smallest absolute Gasteiger partial charge is 0.159 e. The van der Waals surface area contributed by atoms with E-state index in [9.17, 15) is 0 Å². The Bertz CT molecular complexity index is 3270. The number of anilines is 8. The second-order valence-electron chi connectivity index (χ2n) is 18.1. The van der Waals surface area contributed by atoms with Gasteiger partial charge in [0.05, 0.1) is 22.7 Å². The number of rotatable bonds is 8. The summed E-state index contributed by atoms with van der Waals surface area (Å²) < 4.78 is 8.13. The normalized spacial score (nSPS) is 15.2. The van der Waals surface area contributed by atoms with Gasteiger partial charge in [0.1, 0.15) is 5.58 Å². The van der Waals surface area contributed by atoms with E-state index in [1.807, 2.05) is 0 Å². The molecule has 8 aromatic carbocycles. The number of nitrogens with zero attached hydrogens (tertiary/aromatic N) is 3. The third-order valence-electron chi connectivity index (χ3n) is 14.3. The summed E-state index contributed by atoms with van der Waals surface area (Å²) in [6.07, 6.45) is 6.07. The zero-order valence-electron chi connectivity index (χ0n) is 36.2. The molecule has 0 N–H and O–H groups in total. The van der Waals surface area contributed by atoms with Gasteiger partial charge in [0, 0.05) is 59.9 Å². The van der Waals surface area contributed by atoms with Crippen LogP contribution in [0.2, 0.25) is 0 Å². The number of hydrogen-bond acceptors (Lipinski definition) is 5. The van der Waals surface area contributed by atoms with Crippen molar-refractivity contribution in [2.75, 3.05) is 14.7 Å². The summed E-state index contributed by atoms with van der Waals surface area (Å²) >= 11 is 1.79. The topological polar surface area (TPSA) is 22.9 Å². The molecule has 3 heterocycles. The summed E-state index contributed by atoms with van der Waals surface area (Å²) in [5, 5.41) is 5.75. The van der Waals surface area contributed by atoms with Gasteiger partial charge in [0.2, 0.25) is 0 Å². The van der Waals surface area contributed by atoms with Gasteiger partial charge in [0.15, 0.2) is 5.58 Å². The van der Waals surface area contributed by atoms with Crippen molar-refractivity contribution in [1.29, 1.82) is 0 Å². The van der Waals surface area contributed by atoms with Gasteiger partial charge in [-0.2, -0.15) is 0 Å². The molecule has 1 spiro atoms. The maximum Gasteiger partial charge on any atom is 0.159 e. The molecule has 1 aliphatic heterocycles. The zero-order chi connectivity index (χ0) is 42.8. The summed E-state index contributed by atoms with van der Waals surface area (Å²) in [5.74, 6) is 0. The minimum atomic E-state index is -0.246. The number of para-hydroxylation sites is 4. The Morgan fingerprint density at radius 3 is 1.86 bits per heavy atom. The Labute approximate surface area is 379 Å². The lowest BCUT2D eigenvalue weighted by molar-refractivity contribution is 0.199. The fraction of sp³-hybridized carbons (Fsp3) is 0.153. The van der Waals surface area contributed by atoms with Gasteiger partial charge < -0.3 is 19.1 Å². The van der Waals surface area contributed by atoms with E-state index in [4.69, 9.17) is 4.42 Å². The van der Waals surface area contributed by atoms with Crippen LogP contribution >= 0.6 is 11.3 Å². The van der Waals surface area contributed by atoms with Gasteiger partial charge in [-0.05, 0) is 116 Å². The van der Waals surface area contributed by atoms with E-state index in [0.717, 1.165) is 74.6 Å². The summed E-state index contributed by atoms with van der Waals surface area (Å²) in [4.78, 5) is 7.58.